The molecule has 0 N–H and O–H groups in total. The first kappa shape index (κ1) is 14.6. The zero-order valence-corrected chi connectivity index (χ0v) is 13.9. The molecule has 3 heteroatoms. The minimum Gasteiger partial charge on any atom is -0.348 e. The first-order valence-corrected chi connectivity index (χ1v) is 8.39. The van der Waals surface area contributed by atoms with Crippen LogP contribution in [-0.4, -0.2) is 23.8 Å². The highest BCUT2D eigenvalue weighted by molar-refractivity contribution is 9.09. The summed E-state index contributed by atoms with van der Waals surface area (Å²) in [6.45, 7) is 5.95. The molecule has 20 heavy (non-hydrogen) atoms. The molecule has 0 aromatic heterocycles. The molecule has 1 aromatic carbocycles. The van der Waals surface area contributed by atoms with Gasteiger partial charge in [-0.3, -0.25) is 0 Å². The number of hydrogen-bond donors (Lipinski definition) is 0. The maximum absolute atomic E-state index is 6.15. The van der Waals surface area contributed by atoms with E-state index in [4.69, 9.17) is 9.47 Å². The van der Waals surface area contributed by atoms with Crippen molar-refractivity contribution in [2.24, 2.45) is 5.41 Å². The molecular weight excluding hydrogens is 316 g/mol. The molecule has 1 aliphatic carbocycles. The van der Waals surface area contributed by atoms with Gasteiger partial charge in [0.15, 0.2) is 5.79 Å². The summed E-state index contributed by atoms with van der Waals surface area (Å²) in [4.78, 5) is 0.269. The third kappa shape index (κ3) is 2.81. The fourth-order valence-corrected chi connectivity index (χ4v) is 4.10. The van der Waals surface area contributed by atoms with Gasteiger partial charge in [-0.15, -0.1) is 0 Å². The maximum atomic E-state index is 6.15. The van der Waals surface area contributed by atoms with E-state index < -0.39 is 5.79 Å². The second-order valence-corrected chi connectivity index (χ2v) is 8.01. The number of rotatable bonds is 1. The molecule has 2 nitrogen and oxygen atoms in total. The van der Waals surface area contributed by atoms with Crippen molar-refractivity contribution in [2.45, 2.75) is 49.6 Å². The predicted molar refractivity (Wildman–Crippen MR) is 84.2 cm³/mol. The van der Waals surface area contributed by atoms with Crippen LogP contribution in [0.25, 0.3) is 0 Å². The monoisotopic (exact) mass is 338 g/mol. The third-order valence-electron chi connectivity index (χ3n) is 4.50. The van der Waals surface area contributed by atoms with Gasteiger partial charge in [-0.25, -0.2) is 0 Å². The molecule has 1 aromatic rings. The smallest absolute Gasteiger partial charge is 0.180 e. The van der Waals surface area contributed by atoms with Gasteiger partial charge in [-0.1, -0.05) is 60.1 Å². The van der Waals surface area contributed by atoms with Crippen LogP contribution in [0.2, 0.25) is 0 Å². The van der Waals surface area contributed by atoms with Crippen LogP contribution in [0.5, 0.6) is 0 Å². The lowest BCUT2D eigenvalue weighted by Gasteiger charge is -2.49. The highest BCUT2D eigenvalue weighted by atomic mass is 79.9. The van der Waals surface area contributed by atoms with Crippen LogP contribution in [0.15, 0.2) is 30.3 Å². The average Bonchev–Trinajstić information content (AvgIpc) is 2.46. The van der Waals surface area contributed by atoms with E-state index in [0.29, 0.717) is 5.92 Å². The van der Waals surface area contributed by atoms with E-state index in [-0.39, 0.29) is 10.2 Å². The number of halogens is 1. The van der Waals surface area contributed by atoms with Crippen molar-refractivity contribution in [3.05, 3.63) is 35.9 Å². The van der Waals surface area contributed by atoms with Crippen molar-refractivity contribution in [1.29, 1.82) is 0 Å². The lowest BCUT2D eigenvalue weighted by atomic mass is 9.80. The molecule has 1 spiro atoms. The summed E-state index contributed by atoms with van der Waals surface area (Å²) in [6.07, 6.45) is 3.18. The molecule has 0 unspecified atom stereocenters. The van der Waals surface area contributed by atoms with Crippen LogP contribution in [0.1, 0.15) is 44.6 Å². The lowest BCUT2D eigenvalue weighted by molar-refractivity contribution is -0.306. The summed E-state index contributed by atoms with van der Waals surface area (Å²) in [5.41, 5.74) is 1.57. The van der Waals surface area contributed by atoms with Gasteiger partial charge in [0, 0.05) is 11.8 Å². The maximum Gasteiger partial charge on any atom is 0.180 e. The quantitative estimate of drug-likeness (QED) is 0.702. The summed E-state index contributed by atoms with van der Waals surface area (Å²) in [6, 6.07) is 10.8. The fourth-order valence-electron chi connectivity index (χ4n) is 3.15. The summed E-state index contributed by atoms with van der Waals surface area (Å²) in [5, 5.41) is 0. The summed E-state index contributed by atoms with van der Waals surface area (Å²) in [5.74, 6) is 0.203. The van der Waals surface area contributed by atoms with Crippen LogP contribution in [0.4, 0.5) is 0 Å². The van der Waals surface area contributed by atoms with E-state index in [1.54, 1.807) is 0 Å². The minimum absolute atomic E-state index is 0.133. The van der Waals surface area contributed by atoms with Crippen molar-refractivity contribution in [1.82, 2.24) is 0 Å². The van der Waals surface area contributed by atoms with E-state index in [9.17, 15) is 0 Å². The number of ether oxygens (including phenoxy) is 2. The number of hydrogen-bond acceptors (Lipinski definition) is 2. The SMILES string of the molecule is CC1(C)COC2(CC[C@H](c3ccccc3)C[C@@H]2Br)OC1. The lowest BCUT2D eigenvalue weighted by Crippen LogP contribution is -2.54. The Morgan fingerprint density at radius 2 is 1.75 bits per heavy atom. The van der Waals surface area contributed by atoms with Crippen LogP contribution >= 0.6 is 15.9 Å². The third-order valence-corrected chi connectivity index (χ3v) is 5.57. The van der Waals surface area contributed by atoms with Gasteiger partial charge in [-0.05, 0) is 24.3 Å². The highest BCUT2D eigenvalue weighted by Crippen LogP contribution is 2.47. The van der Waals surface area contributed by atoms with Crippen molar-refractivity contribution in [3.63, 3.8) is 0 Å². The molecule has 1 heterocycles. The Hall–Kier alpha value is -0.380. The number of alkyl halides is 1. The second kappa shape index (κ2) is 5.43. The Morgan fingerprint density at radius 3 is 2.35 bits per heavy atom. The molecular formula is C17H23BrO2. The largest absolute Gasteiger partial charge is 0.348 e. The molecule has 2 fully saturated rings. The molecule has 0 amide bonds. The van der Waals surface area contributed by atoms with E-state index in [1.807, 2.05) is 0 Å². The summed E-state index contributed by atoms with van der Waals surface area (Å²) < 4.78 is 12.3. The molecule has 1 aliphatic heterocycles. The molecule has 2 atom stereocenters. The van der Waals surface area contributed by atoms with Crippen LogP contribution < -0.4 is 0 Å². The van der Waals surface area contributed by atoms with Gasteiger partial charge in [0.1, 0.15) is 0 Å². The fraction of sp³-hybridized carbons (Fsp3) is 0.647. The Bertz CT molecular complexity index is 447. The first-order chi connectivity index (χ1) is 9.51. The van der Waals surface area contributed by atoms with E-state index in [2.05, 4.69) is 60.1 Å². The van der Waals surface area contributed by atoms with E-state index in [1.165, 1.54) is 5.56 Å². The zero-order chi connectivity index (χ0) is 14.2. The van der Waals surface area contributed by atoms with Crippen molar-refractivity contribution < 1.29 is 9.47 Å². The van der Waals surface area contributed by atoms with Crippen LogP contribution in [0.3, 0.4) is 0 Å². The normalized spacial score (nSPS) is 32.1. The Labute approximate surface area is 130 Å². The molecule has 3 rings (SSSR count). The standard InChI is InChI=1S/C17H23BrO2/c1-16(2)11-19-17(20-12-16)9-8-14(10-15(17)18)13-6-4-3-5-7-13/h3-7,14-15H,8-12H2,1-2H3/t14-,15-/m0/s1. The van der Waals surface area contributed by atoms with E-state index in [0.717, 1.165) is 32.5 Å². The molecule has 1 saturated carbocycles. The topological polar surface area (TPSA) is 18.5 Å². The van der Waals surface area contributed by atoms with Gasteiger partial charge in [0.2, 0.25) is 0 Å². The van der Waals surface area contributed by atoms with Gasteiger partial charge >= 0.3 is 0 Å². The highest BCUT2D eigenvalue weighted by Gasteiger charge is 2.48. The molecule has 0 bridgehead atoms. The Balaban J connectivity index is 1.69. The van der Waals surface area contributed by atoms with Gasteiger partial charge in [-0.2, -0.15) is 0 Å². The van der Waals surface area contributed by atoms with E-state index >= 15 is 0 Å². The second-order valence-electron chi connectivity index (χ2n) is 6.90. The predicted octanol–water partition coefficient (Wildman–Crippen LogP) is 4.49. The van der Waals surface area contributed by atoms with Gasteiger partial charge in [0.25, 0.3) is 0 Å². The van der Waals surface area contributed by atoms with Crippen molar-refractivity contribution >= 4 is 15.9 Å². The molecule has 2 aliphatic rings. The van der Waals surface area contributed by atoms with Gasteiger partial charge < -0.3 is 9.47 Å². The Morgan fingerprint density at radius 1 is 1.10 bits per heavy atom. The Kier molecular flexibility index (Phi) is 3.95. The molecule has 110 valence electrons. The first-order valence-electron chi connectivity index (χ1n) is 7.48. The minimum atomic E-state index is -0.402. The van der Waals surface area contributed by atoms with Crippen LogP contribution in [-0.2, 0) is 9.47 Å². The average molecular weight is 339 g/mol. The van der Waals surface area contributed by atoms with Crippen molar-refractivity contribution in [2.75, 3.05) is 13.2 Å². The number of benzene rings is 1. The van der Waals surface area contributed by atoms with Crippen LogP contribution in [0, 0.1) is 5.41 Å². The molecule has 1 saturated heterocycles. The van der Waals surface area contributed by atoms with Crippen molar-refractivity contribution in [3.8, 4) is 0 Å². The van der Waals surface area contributed by atoms with Gasteiger partial charge in [0.05, 0.1) is 18.0 Å². The molecule has 0 radical (unpaired) electrons. The zero-order valence-electron chi connectivity index (χ0n) is 12.3. The summed E-state index contributed by atoms with van der Waals surface area (Å²) >= 11 is 3.83. The summed E-state index contributed by atoms with van der Waals surface area (Å²) in [7, 11) is 0.